The molecule has 182 valence electrons. The number of benzene rings is 1. The molecule has 0 aliphatic rings. The third-order valence-corrected chi connectivity index (χ3v) is 4.57. The van der Waals surface area contributed by atoms with E-state index in [1.165, 1.54) is 4.90 Å². The van der Waals surface area contributed by atoms with E-state index in [4.69, 9.17) is 4.74 Å². The normalized spacial score (nSPS) is 13.1. The van der Waals surface area contributed by atoms with Gasteiger partial charge >= 0.3 is 6.09 Å². The van der Waals surface area contributed by atoms with Crippen LogP contribution >= 0.6 is 0 Å². The number of hydrogen-bond acceptors (Lipinski definition) is 5. The SMILES string of the molecule is Cc1cccc(C(C(=O)NC(C)C)N(CC#N)C(=O)C(CC(C)C)NC(=O)OC(C)(C)C)c1. The lowest BCUT2D eigenvalue weighted by atomic mass is 9.98. The molecule has 0 spiro atoms. The summed E-state index contributed by atoms with van der Waals surface area (Å²) in [5, 5.41) is 15.0. The Kier molecular flexibility index (Phi) is 10.4. The molecule has 2 atom stereocenters. The Labute approximate surface area is 197 Å². The number of carbonyl (C=O) groups is 3. The number of nitriles is 1. The van der Waals surface area contributed by atoms with Crippen molar-refractivity contribution in [3.63, 3.8) is 0 Å². The highest BCUT2D eigenvalue weighted by Gasteiger charge is 2.36. The van der Waals surface area contributed by atoms with Crippen LogP contribution in [-0.4, -0.2) is 47.0 Å². The molecule has 0 aliphatic carbocycles. The monoisotopic (exact) mass is 458 g/mol. The molecule has 1 aromatic carbocycles. The van der Waals surface area contributed by atoms with Gasteiger partial charge in [0.1, 0.15) is 24.2 Å². The maximum atomic E-state index is 13.7. The van der Waals surface area contributed by atoms with Gasteiger partial charge in [-0.1, -0.05) is 43.7 Å². The first-order valence-corrected chi connectivity index (χ1v) is 11.3. The molecule has 33 heavy (non-hydrogen) atoms. The van der Waals surface area contributed by atoms with Crippen LogP contribution in [-0.2, 0) is 14.3 Å². The third kappa shape index (κ3) is 9.52. The molecule has 0 aromatic heterocycles. The van der Waals surface area contributed by atoms with Gasteiger partial charge in [0.15, 0.2) is 0 Å². The van der Waals surface area contributed by atoms with Crippen LogP contribution in [0.25, 0.3) is 0 Å². The summed E-state index contributed by atoms with van der Waals surface area (Å²) in [6, 6.07) is 7.15. The van der Waals surface area contributed by atoms with E-state index >= 15 is 0 Å². The Morgan fingerprint density at radius 3 is 2.24 bits per heavy atom. The van der Waals surface area contributed by atoms with Crippen LogP contribution in [0, 0.1) is 24.2 Å². The summed E-state index contributed by atoms with van der Waals surface area (Å²) in [5.74, 6) is -0.832. The minimum absolute atomic E-state index is 0.0692. The molecular weight excluding hydrogens is 420 g/mol. The van der Waals surface area contributed by atoms with Gasteiger partial charge in [-0.15, -0.1) is 0 Å². The lowest BCUT2D eigenvalue weighted by Crippen LogP contribution is -2.54. The molecule has 0 bridgehead atoms. The van der Waals surface area contributed by atoms with Gasteiger partial charge in [0, 0.05) is 6.04 Å². The predicted molar refractivity (Wildman–Crippen MR) is 127 cm³/mol. The lowest BCUT2D eigenvalue weighted by molar-refractivity contribution is -0.142. The van der Waals surface area contributed by atoms with Gasteiger partial charge in [-0.05, 0) is 59.4 Å². The van der Waals surface area contributed by atoms with E-state index in [0.717, 1.165) is 5.56 Å². The molecule has 1 rings (SSSR count). The first kappa shape index (κ1) is 28.0. The summed E-state index contributed by atoms with van der Waals surface area (Å²) in [7, 11) is 0. The molecule has 1 aromatic rings. The molecule has 8 heteroatoms. The average molecular weight is 459 g/mol. The summed E-state index contributed by atoms with van der Waals surface area (Å²) in [6.45, 7) is 14.3. The number of hydrogen-bond donors (Lipinski definition) is 2. The standard InChI is InChI=1S/C25H38N4O4/c1-16(2)14-20(28-24(32)33-25(6,7)8)23(31)29(13-12-26)21(22(30)27-17(3)4)19-11-9-10-18(5)15-19/h9-11,15-17,20-21H,13-14H2,1-8H3,(H,27,30)(H,28,32). The second-order valence-corrected chi connectivity index (χ2v) is 9.93. The van der Waals surface area contributed by atoms with Crippen LogP contribution in [0.3, 0.4) is 0 Å². The molecule has 0 heterocycles. The molecule has 0 aliphatic heterocycles. The maximum Gasteiger partial charge on any atom is 0.408 e. The first-order chi connectivity index (χ1) is 15.2. The van der Waals surface area contributed by atoms with Gasteiger partial charge in [0.25, 0.3) is 0 Å². The van der Waals surface area contributed by atoms with Gasteiger partial charge < -0.3 is 20.3 Å². The van der Waals surface area contributed by atoms with Crippen molar-refractivity contribution in [2.24, 2.45) is 5.92 Å². The molecule has 8 nitrogen and oxygen atoms in total. The highest BCUT2D eigenvalue weighted by atomic mass is 16.6. The fourth-order valence-corrected chi connectivity index (χ4v) is 3.39. The summed E-state index contributed by atoms with van der Waals surface area (Å²) < 4.78 is 5.34. The fraction of sp³-hybridized carbons (Fsp3) is 0.600. The van der Waals surface area contributed by atoms with Crippen LogP contribution in [0.4, 0.5) is 4.79 Å². The van der Waals surface area contributed by atoms with Gasteiger partial charge in [0.2, 0.25) is 11.8 Å². The van der Waals surface area contributed by atoms with Crippen LogP contribution in [0.1, 0.15) is 72.1 Å². The Morgan fingerprint density at radius 2 is 1.76 bits per heavy atom. The largest absolute Gasteiger partial charge is 0.444 e. The summed E-state index contributed by atoms with van der Waals surface area (Å²) in [5.41, 5.74) is 0.783. The van der Waals surface area contributed by atoms with E-state index in [9.17, 15) is 19.6 Å². The van der Waals surface area contributed by atoms with Crippen molar-refractivity contribution in [3.8, 4) is 6.07 Å². The molecule has 0 radical (unpaired) electrons. The van der Waals surface area contributed by atoms with Crippen LogP contribution in [0.5, 0.6) is 0 Å². The Balaban J connectivity index is 3.42. The number of rotatable bonds is 9. The Bertz CT molecular complexity index is 868. The van der Waals surface area contributed by atoms with Crippen molar-refractivity contribution < 1.29 is 19.1 Å². The fourth-order valence-electron chi connectivity index (χ4n) is 3.39. The zero-order chi connectivity index (χ0) is 25.3. The summed E-state index contributed by atoms with van der Waals surface area (Å²) in [4.78, 5) is 40.6. The molecule has 2 unspecified atom stereocenters. The second kappa shape index (κ2) is 12.2. The van der Waals surface area contributed by atoms with Gasteiger partial charge in [-0.2, -0.15) is 5.26 Å². The third-order valence-electron chi connectivity index (χ3n) is 4.57. The zero-order valence-corrected chi connectivity index (χ0v) is 21.1. The molecule has 0 saturated carbocycles. The number of aryl methyl sites for hydroxylation is 1. The average Bonchev–Trinajstić information content (AvgIpc) is 2.64. The topological polar surface area (TPSA) is 112 Å². The van der Waals surface area contributed by atoms with E-state index in [1.807, 2.05) is 52.8 Å². The van der Waals surface area contributed by atoms with Gasteiger partial charge in [-0.25, -0.2) is 4.79 Å². The number of amides is 3. The predicted octanol–water partition coefficient (Wildman–Crippen LogP) is 3.85. The number of ether oxygens (including phenoxy) is 1. The summed E-state index contributed by atoms with van der Waals surface area (Å²) in [6.07, 6.45) is -0.399. The van der Waals surface area contributed by atoms with Crippen molar-refractivity contribution in [3.05, 3.63) is 35.4 Å². The second-order valence-electron chi connectivity index (χ2n) is 9.93. The first-order valence-electron chi connectivity index (χ1n) is 11.3. The van der Waals surface area contributed by atoms with Gasteiger partial charge in [-0.3, -0.25) is 9.59 Å². The number of alkyl carbamates (subject to hydrolysis) is 1. The smallest absolute Gasteiger partial charge is 0.408 e. The molecule has 3 amide bonds. The Morgan fingerprint density at radius 1 is 1.12 bits per heavy atom. The maximum absolute atomic E-state index is 13.7. The number of nitrogens with one attached hydrogen (secondary N) is 2. The minimum Gasteiger partial charge on any atom is -0.444 e. The quantitative estimate of drug-likeness (QED) is 0.546. The molecule has 2 N–H and O–H groups in total. The van der Waals surface area contributed by atoms with Crippen LogP contribution < -0.4 is 10.6 Å². The number of carbonyl (C=O) groups excluding carboxylic acids is 3. The van der Waals surface area contributed by atoms with Crippen molar-refractivity contribution >= 4 is 17.9 Å². The highest BCUT2D eigenvalue weighted by molar-refractivity contribution is 5.92. The Hall–Kier alpha value is -3.08. The van der Waals surface area contributed by atoms with E-state index in [0.29, 0.717) is 12.0 Å². The molecule has 0 fully saturated rings. The van der Waals surface area contributed by atoms with Crippen LogP contribution in [0.15, 0.2) is 24.3 Å². The van der Waals surface area contributed by atoms with E-state index in [-0.39, 0.29) is 24.4 Å². The van der Waals surface area contributed by atoms with Crippen molar-refractivity contribution in [1.82, 2.24) is 15.5 Å². The van der Waals surface area contributed by atoms with Crippen molar-refractivity contribution in [2.45, 2.75) is 85.5 Å². The van der Waals surface area contributed by atoms with Gasteiger partial charge in [0.05, 0.1) is 6.07 Å². The molecular formula is C25H38N4O4. The van der Waals surface area contributed by atoms with E-state index in [2.05, 4.69) is 10.6 Å². The zero-order valence-electron chi connectivity index (χ0n) is 21.1. The summed E-state index contributed by atoms with van der Waals surface area (Å²) >= 11 is 0. The van der Waals surface area contributed by atoms with E-state index < -0.39 is 29.7 Å². The van der Waals surface area contributed by atoms with Crippen LogP contribution in [0.2, 0.25) is 0 Å². The lowest BCUT2D eigenvalue weighted by Gasteiger charge is -2.33. The minimum atomic E-state index is -1.02. The number of nitrogens with zero attached hydrogens (tertiary/aromatic N) is 2. The van der Waals surface area contributed by atoms with Crippen molar-refractivity contribution in [1.29, 1.82) is 5.26 Å². The van der Waals surface area contributed by atoms with Crippen molar-refractivity contribution in [2.75, 3.05) is 6.54 Å². The molecule has 0 saturated heterocycles. The highest BCUT2D eigenvalue weighted by Crippen LogP contribution is 2.24. The van der Waals surface area contributed by atoms with E-state index in [1.54, 1.807) is 32.9 Å².